The highest BCUT2D eigenvalue weighted by atomic mass is 32.1. The third-order valence-corrected chi connectivity index (χ3v) is 4.24. The van der Waals surface area contributed by atoms with Crippen LogP contribution in [0.5, 0.6) is 0 Å². The SMILES string of the molecule is Cc1cscc1C(=O)N(C)C(C)c1cccc(N)c1. The summed E-state index contributed by atoms with van der Waals surface area (Å²) in [6.07, 6.45) is 0. The molecule has 1 unspecified atom stereocenters. The first-order valence-corrected chi connectivity index (χ1v) is 7.10. The number of nitrogen functional groups attached to an aromatic ring is 1. The van der Waals surface area contributed by atoms with Gasteiger partial charge in [-0.05, 0) is 42.5 Å². The molecule has 1 heterocycles. The van der Waals surface area contributed by atoms with Crippen molar-refractivity contribution < 1.29 is 4.79 Å². The van der Waals surface area contributed by atoms with Gasteiger partial charge in [0.05, 0.1) is 11.6 Å². The second-order valence-electron chi connectivity index (χ2n) is 4.73. The van der Waals surface area contributed by atoms with Crippen molar-refractivity contribution in [2.45, 2.75) is 19.9 Å². The van der Waals surface area contributed by atoms with Gasteiger partial charge in [0.2, 0.25) is 0 Å². The molecule has 2 rings (SSSR count). The Labute approximate surface area is 117 Å². The number of aryl methyl sites for hydroxylation is 1. The first-order valence-electron chi connectivity index (χ1n) is 6.16. The summed E-state index contributed by atoms with van der Waals surface area (Å²) in [7, 11) is 1.83. The fraction of sp³-hybridized carbons (Fsp3) is 0.267. The van der Waals surface area contributed by atoms with E-state index in [1.807, 2.05) is 55.9 Å². The van der Waals surface area contributed by atoms with Crippen molar-refractivity contribution in [3.05, 3.63) is 51.7 Å². The molecule has 0 aliphatic carbocycles. The highest BCUT2D eigenvalue weighted by Crippen LogP contribution is 2.24. The number of anilines is 1. The first kappa shape index (κ1) is 13.6. The first-order chi connectivity index (χ1) is 9.00. The van der Waals surface area contributed by atoms with E-state index in [1.54, 1.807) is 16.2 Å². The highest BCUT2D eigenvalue weighted by Gasteiger charge is 2.20. The van der Waals surface area contributed by atoms with E-state index in [4.69, 9.17) is 5.73 Å². The van der Waals surface area contributed by atoms with Crippen molar-refractivity contribution in [3.63, 3.8) is 0 Å². The summed E-state index contributed by atoms with van der Waals surface area (Å²) in [5, 5.41) is 3.90. The lowest BCUT2D eigenvalue weighted by Gasteiger charge is -2.25. The summed E-state index contributed by atoms with van der Waals surface area (Å²) in [4.78, 5) is 14.2. The normalized spacial score (nSPS) is 12.2. The van der Waals surface area contributed by atoms with Crippen LogP contribution < -0.4 is 5.73 Å². The fourth-order valence-corrected chi connectivity index (χ4v) is 2.81. The molecule has 0 aliphatic rings. The second-order valence-corrected chi connectivity index (χ2v) is 5.47. The number of nitrogens with zero attached hydrogens (tertiary/aromatic N) is 1. The molecule has 0 bridgehead atoms. The smallest absolute Gasteiger partial charge is 0.255 e. The van der Waals surface area contributed by atoms with Gasteiger partial charge in [0.15, 0.2) is 0 Å². The van der Waals surface area contributed by atoms with E-state index in [0.29, 0.717) is 0 Å². The summed E-state index contributed by atoms with van der Waals surface area (Å²) in [6, 6.07) is 7.66. The van der Waals surface area contributed by atoms with Crippen LogP contribution in [-0.2, 0) is 0 Å². The van der Waals surface area contributed by atoms with Crippen molar-refractivity contribution >= 4 is 22.9 Å². The van der Waals surface area contributed by atoms with Gasteiger partial charge in [-0.15, -0.1) is 0 Å². The Balaban J connectivity index is 2.22. The minimum atomic E-state index is -0.00435. The van der Waals surface area contributed by atoms with Gasteiger partial charge in [-0.1, -0.05) is 12.1 Å². The molecule has 0 fully saturated rings. The number of benzene rings is 1. The minimum absolute atomic E-state index is 0.00435. The van der Waals surface area contributed by atoms with Crippen LogP contribution in [0.25, 0.3) is 0 Å². The number of rotatable bonds is 3. The number of hydrogen-bond acceptors (Lipinski definition) is 3. The van der Waals surface area contributed by atoms with Crippen LogP contribution in [-0.4, -0.2) is 17.9 Å². The molecule has 1 amide bonds. The Morgan fingerprint density at radius 1 is 1.37 bits per heavy atom. The van der Waals surface area contributed by atoms with Gasteiger partial charge in [-0.3, -0.25) is 4.79 Å². The molecular formula is C15H18N2OS. The summed E-state index contributed by atoms with van der Waals surface area (Å²) in [6.45, 7) is 3.97. The highest BCUT2D eigenvalue weighted by molar-refractivity contribution is 7.08. The molecule has 0 saturated carbocycles. The number of nitrogens with two attached hydrogens (primary N) is 1. The van der Waals surface area contributed by atoms with E-state index in [-0.39, 0.29) is 11.9 Å². The van der Waals surface area contributed by atoms with Gasteiger partial charge >= 0.3 is 0 Å². The van der Waals surface area contributed by atoms with Crippen molar-refractivity contribution in [1.82, 2.24) is 4.90 Å². The standard InChI is InChI=1S/C15H18N2OS/c1-10-8-19-9-14(10)15(18)17(3)11(2)12-5-4-6-13(16)7-12/h4-9,11H,16H2,1-3H3. The van der Waals surface area contributed by atoms with Crippen LogP contribution in [0, 0.1) is 6.92 Å². The van der Waals surface area contributed by atoms with Gasteiger partial charge in [-0.25, -0.2) is 0 Å². The molecule has 4 heteroatoms. The lowest BCUT2D eigenvalue weighted by Crippen LogP contribution is -2.29. The Kier molecular flexibility index (Phi) is 3.90. The Morgan fingerprint density at radius 2 is 2.11 bits per heavy atom. The number of hydrogen-bond donors (Lipinski definition) is 1. The molecular weight excluding hydrogens is 256 g/mol. The van der Waals surface area contributed by atoms with E-state index < -0.39 is 0 Å². The molecule has 0 saturated heterocycles. The summed E-state index contributed by atoms with van der Waals surface area (Å²) >= 11 is 1.55. The number of carbonyl (C=O) groups is 1. The molecule has 0 spiro atoms. The van der Waals surface area contributed by atoms with Crippen molar-refractivity contribution in [2.75, 3.05) is 12.8 Å². The van der Waals surface area contributed by atoms with Crippen molar-refractivity contribution in [3.8, 4) is 0 Å². The van der Waals surface area contributed by atoms with Crippen LogP contribution in [0.4, 0.5) is 5.69 Å². The predicted molar refractivity (Wildman–Crippen MR) is 80.4 cm³/mol. The quantitative estimate of drug-likeness (QED) is 0.871. The lowest BCUT2D eigenvalue weighted by atomic mass is 10.1. The monoisotopic (exact) mass is 274 g/mol. The summed E-state index contributed by atoms with van der Waals surface area (Å²) in [5.41, 5.74) is 9.36. The fourth-order valence-electron chi connectivity index (χ4n) is 1.99. The zero-order valence-corrected chi connectivity index (χ0v) is 12.2. The van der Waals surface area contributed by atoms with Gasteiger partial charge in [-0.2, -0.15) is 11.3 Å². The molecule has 2 aromatic rings. The average Bonchev–Trinajstić information content (AvgIpc) is 2.82. The maximum Gasteiger partial charge on any atom is 0.255 e. The average molecular weight is 274 g/mol. The van der Waals surface area contributed by atoms with E-state index in [0.717, 1.165) is 22.4 Å². The molecule has 0 aliphatic heterocycles. The zero-order valence-electron chi connectivity index (χ0n) is 11.4. The van der Waals surface area contributed by atoms with E-state index in [9.17, 15) is 4.79 Å². The Bertz CT molecular complexity index is 591. The maximum atomic E-state index is 12.4. The van der Waals surface area contributed by atoms with Gasteiger partial charge in [0, 0.05) is 18.1 Å². The second kappa shape index (κ2) is 5.45. The van der Waals surface area contributed by atoms with Gasteiger partial charge in [0.1, 0.15) is 0 Å². The van der Waals surface area contributed by atoms with Gasteiger partial charge < -0.3 is 10.6 Å². The minimum Gasteiger partial charge on any atom is -0.399 e. The van der Waals surface area contributed by atoms with Crippen LogP contribution in [0.15, 0.2) is 35.0 Å². The molecule has 1 atom stereocenters. The molecule has 1 aromatic heterocycles. The van der Waals surface area contributed by atoms with Crippen molar-refractivity contribution in [2.24, 2.45) is 0 Å². The van der Waals surface area contributed by atoms with Crippen LogP contribution in [0.3, 0.4) is 0 Å². The third kappa shape index (κ3) is 2.79. The zero-order chi connectivity index (χ0) is 14.0. The molecule has 2 N–H and O–H groups in total. The molecule has 0 radical (unpaired) electrons. The third-order valence-electron chi connectivity index (χ3n) is 3.38. The summed E-state index contributed by atoms with van der Waals surface area (Å²) in [5.74, 6) is 0.0497. The maximum absolute atomic E-state index is 12.4. The topological polar surface area (TPSA) is 46.3 Å². The summed E-state index contributed by atoms with van der Waals surface area (Å²) < 4.78 is 0. The predicted octanol–water partition coefficient (Wildman–Crippen LogP) is 3.47. The Hall–Kier alpha value is -1.81. The van der Waals surface area contributed by atoms with Gasteiger partial charge in [0.25, 0.3) is 5.91 Å². The van der Waals surface area contributed by atoms with Crippen LogP contribution in [0.1, 0.15) is 34.5 Å². The molecule has 19 heavy (non-hydrogen) atoms. The van der Waals surface area contributed by atoms with Crippen LogP contribution in [0.2, 0.25) is 0 Å². The molecule has 100 valence electrons. The molecule has 1 aromatic carbocycles. The molecule has 3 nitrogen and oxygen atoms in total. The lowest BCUT2D eigenvalue weighted by molar-refractivity contribution is 0.0742. The Morgan fingerprint density at radius 3 is 2.68 bits per heavy atom. The van der Waals surface area contributed by atoms with E-state index >= 15 is 0 Å². The number of carbonyl (C=O) groups excluding carboxylic acids is 1. The largest absolute Gasteiger partial charge is 0.399 e. The number of amides is 1. The van der Waals surface area contributed by atoms with E-state index in [1.165, 1.54) is 0 Å². The van der Waals surface area contributed by atoms with E-state index in [2.05, 4.69) is 0 Å². The van der Waals surface area contributed by atoms with Crippen LogP contribution >= 0.6 is 11.3 Å². The van der Waals surface area contributed by atoms with Crippen molar-refractivity contribution in [1.29, 1.82) is 0 Å². The number of thiophene rings is 1.